The minimum atomic E-state index is -0.565. The fourth-order valence-corrected chi connectivity index (χ4v) is 2.83. The van der Waals surface area contributed by atoms with Gasteiger partial charge in [0.2, 0.25) is 11.8 Å². The zero-order valence-corrected chi connectivity index (χ0v) is 16.7. The third kappa shape index (κ3) is 5.72. The number of carbonyl (C=O) groups is 2. The van der Waals surface area contributed by atoms with Crippen LogP contribution in [0, 0.1) is 0 Å². The van der Waals surface area contributed by atoms with Crippen LogP contribution in [0.25, 0.3) is 0 Å². The number of amides is 2. The van der Waals surface area contributed by atoms with Crippen LogP contribution in [0.1, 0.15) is 12.0 Å². The van der Waals surface area contributed by atoms with Gasteiger partial charge in [-0.25, -0.2) is 5.43 Å². The highest BCUT2D eigenvalue weighted by Gasteiger charge is 2.12. The predicted octanol–water partition coefficient (Wildman–Crippen LogP) is 4.24. The number of nitrogens with one attached hydrogen (secondary N) is 2. The summed E-state index contributed by atoms with van der Waals surface area (Å²) in [5.74, 6) is -0.416. The molecule has 2 aromatic rings. The van der Waals surface area contributed by atoms with E-state index in [1.54, 1.807) is 43.5 Å². The smallest absolute Gasteiger partial charge is 0.249 e. The molecule has 0 fully saturated rings. The molecule has 0 saturated carbocycles. The third-order valence-corrected chi connectivity index (χ3v) is 4.56. The lowest BCUT2D eigenvalue weighted by Gasteiger charge is -2.07. The average Bonchev–Trinajstić information content (AvgIpc) is 2.59. The van der Waals surface area contributed by atoms with Gasteiger partial charge in [-0.05, 0) is 51.8 Å². The van der Waals surface area contributed by atoms with Crippen LogP contribution in [0.3, 0.4) is 0 Å². The van der Waals surface area contributed by atoms with Gasteiger partial charge >= 0.3 is 0 Å². The van der Waals surface area contributed by atoms with E-state index in [4.69, 9.17) is 27.9 Å². The Morgan fingerprint density at radius 2 is 2.00 bits per heavy atom. The normalized spacial score (nSPS) is 10.6. The Kier molecular flexibility index (Phi) is 7.44. The molecule has 6 nitrogen and oxygen atoms in total. The number of benzene rings is 2. The summed E-state index contributed by atoms with van der Waals surface area (Å²) in [5, 5.41) is 6.86. The maximum atomic E-state index is 11.9. The summed E-state index contributed by atoms with van der Waals surface area (Å²) in [5.41, 5.74) is 3.37. The maximum absolute atomic E-state index is 11.9. The highest BCUT2D eigenvalue weighted by Crippen LogP contribution is 2.29. The number of anilines is 1. The Bertz CT molecular complexity index is 859. The summed E-state index contributed by atoms with van der Waals surface area (Å²) in [7, 11) is 1.57. The molecule has 0 aliphatic heterocycles. The zero-order chi connectivity index (χ0) is 19.1. The zero-order valence-electron chi connectivity index (χ0n) is 13.6. The van der Waals surface area contributed by atoms with Gasteiger partial charge < -0.3 is 10.1 Å². The molecule has 9 heteroatoms. The van der Waals surface area contributed by atoms with Crippen LogP contribution in [-0.2, 0) is 9.59 Å². The number of hydrogen-bond acceptors (Lipinski definition) is 4. The topological polar surface area (TPSA) is 79.8 Å². The van der Waals surface area contributed by atoms with Gasteiger partial charge in [-0.2, -0.15) is 5.10 Å². The van der Waals surface area contributed by atoms with E-state index >= 15 is 0 Å². The summed E-state index contributed by atoms with van der Waals surface area (Å²) in [4.78, 5) is 23.7. The predicted molar refractivity (Wildman–Crippen MR) is 106 cm³/mol. The first-order valence-corrected chi connectivity index (χ1v) is 8.85. The van der Waals surface area contributed by atoms with Gasteiger partial charge in [0.1, 0.15) is 12.2 Å². The lowest BCUT2D eigenvalue weighted by atomic mass is 10.2. The van der Waals surface area contributed by atoms with Crippen molar-refractivity contribution in [2.75, 3.05) is 12.4 Å². The molecular weight excluding hydrogens is 445 g/mol. The van der Waals surface area contributed by atoms with Gasteiger partial charge in [0.15, 0.2) is 0 Å². The van der Waals surface area contributed by atoms with Crippen molar-refractivity contribution in [3.63, 3.8) is 0 Å². The number of hydrazone groups is 1. The van der Waals surface area contributed by atoms with Gasteiger partial charge in [-0.15, -0.1) is 0 Å². The molecule has 2 rings (SSSR count). The lowest BCUT2D eigenvalue weighted by molar-refractivity contribution is -0.126. The molecule has 0 unspecified atom stereocenters. The standard InChI is InChI=1S/C17H14BrCl2N3O3/c1-26-14-6-5-10(7-11(14)18)9-21-23-16(25)8-15(24)22-13-4-2-3-12(19)17(13)20/h2-7,9H,8H2,1H3,(H,22,24)(H,23,25). The van der Waals surface area contributed by atoms with Crippen LogP contribution in [0.4, 0.5) is 5.69 Å². The molecule has 0 saturated heterocycles. The molecule has 0 aromatic heterocycles. The Labute approximate surface area is 168 Å². The SMILES string of the molecule is COc1ccc(C=NNC(=O)CC(=O)Nc2cccc(Cl)c2Cl)cc1Br. The van der Waals surface area contributed by atoms with Crippen molar-refractivity contribution in [3.05, 3.63) is 56.5 Å². The van der Waals surface area contributed by atoms with Crippen LogP contribution in [0.5, 0.6) is 5.75 Å². The first-order valence-electron chi connectivity index (χ1n) is 7.30. The average molecular weight is 459 g/mol. The second-order valence-electron chi connectivity index (χ2n) is 5.01. The molecule has 26 heavy (non-hydrogen) atoms. The number of nitrogens with zero attached hydrogens (tertiary/aromatic N) is 1. The summed E-state index contributed by atoms with van der Waals surface area (Å²) in [6.07, 6.45) is 1.04. The fourth-order valence-electron chi connectivity index (χ4n) is 1.92. The van der Waals surface area contributed by atoms with Crippen LogP contribution in [-0.4, -0.2) is 25.1 Å². The quantitative estimate of drug-likeness (QED) is 0.386. The van der Waals surface area contributed by atoms with Crippen molar-refractivity contribution >= 4 is 62.8 Å². The highest BCUT2D eigenvalue weighted by molar-refractivity contribution is 9.10. The number of carbonyl (C=O) groups excluding carboxylic acids is 2. The van der Waals surface area contributed by atoms with Crippen LogP contribution in [0.2, 0.25) is 10.0 Å². The third-order valence-electron chi connectivity index (χ3n) is 3.13. The number of ether oxygens (including phenoxy) is 1. The monoisotopic (exact) mass is 457 g/mol. The summed E-state index contributed by atoms with van der Waals surface area (Å²) in [6, 6.07) is 10.1. The van der Waals surface area contributed by atoms with E-state index in [0.29, 0.717) is 16.5 Å². The Hall–Kier alpha value is -2.09. The van der Waals surface area contributed by atoms with Gasteiger partial charge in [-0.3, -0.25) is 9.59 Å². The van der Waals surface area contributed by atoms with E-state index in [0.717, 1.165) is 10.0 Å². The first-order chi connectivity index (χ1) is 12.4. The van der Waals surface area contributed by atoms with E-state index < -0.39 is 18.2 Å². The molecule has 2 aromatic carbocycles. The van der Waals surface area contributed by atoms with Crippen LogP contribution >= 0.6 is 39.1 Å². The van der Waals surface area contributed by atoms with Crippen LogP contribution < -0.4 is 15.5 Å². The summed E-state index contributed by atoms with van der Waals surface area (Å²) in [6.45, 7) is 0. The van der Waals surface area contributed by atoms with Crippen molar-refractivity contribution in [3.8, 4) is 5.75 Å². The Balaban J connectivity index is 1.87. The van der Waals surface area contributed by atoms with Crippen molar-refractivity contribution in [2.45, 2.75) is 6.42 Å². The first kappa shape index (κ1) is 20.2. The maximum Gasteiger partial charge on any atom is 0.249 e. The van der Waals surface area contributed by atoms with E-state index in [9.17, 15) is 9.59 Å². The van der Waals surface area contributed by atoms with Crippen LogP contribution in [0.15, 0.2) is 46.0 Å². The minimum absolute atomic E-state index is 0.214. The second kappa shape index (κ2) is 9.56. The van der Waals surface area contributed by atoms with Crippen molar-refractivity contribution in [1.29, 1.82) is 0 Å². The summed E-state index contributed by atoms with van der Waals surface area (Å²) < 4.78 is 5.89. The largest absolute Gasteiger partial charge is 0.496 e. The molecule has 0 spiro atoms. The van der Waals surface area contributed by atoms with E-state index in [1.165, 1.54) is 6.21 Å². The molecule has 0 aliphatic rings. The minimum Gasteiger partial charge on any atom is -0.496 e. The molecule has 0 radical (unpaired) electrons. The molecule has 136 valence electrons. The number of hydrogen-bond donors (Lipinski definition) is 2. The van der Waals surface area contributed by atoms with Gasteiger partial charge in [0.25, 0.3) is 0 Å². The molecule has 0 heterocycles. The van der Waals surface area contributed by atoms with E-state index in [1.807, 2.05) is 0 Å². The molecule has 0 atom stereocenters. The second-order valence-corrected chi connectivity index (χ2v) is 6.65. The number of halogens is 3. The molecule has 0 bridgehead atoms. The van der Waals surface area contributed by atoms with E-state index in [2.05, 4.69) is 31.8 Å². The van der Waals surface area contributed by atoms with Crippen molar-refractivity contribution in [2.24, 2.45) is 5.10 Å². The molecule has 2 N–H and O–H groups in total. The van der Waals surface area contributed by atoms with Gasteiger partial charge in [-0.1, -0.05) is 29.3 Å². The number of methoxy groups -OCH3 is 1. The number of rotatable bonds is 6. The van der Waals surface area contributed by atoms with Crippen molar-refractivity contribution < 1.29 is 14.3 Å². The van der Waals surface area contributed by atoms with Crippen molar-refractivity contribution in [1.82, 2.24) is 5.43 Å². The highest BCUT2D eigenvalue weighted by atomic mass is 79.9. The molecular formula is C17H14BrCl2N3O3. The molecule has 2 amide bonds. The molecule has 0 aliphatic carbocycles. The summed E-state index contributed by atoms with van der Waals surface area (Å²) >= 11 is 15.2. The van der Waals surface area contributed by atoms with Gasteiger partial charge in [0.05, 0.1) is 33.5 Å². The van der Waals surface area contributed by atoms with E-state index in [-0.39, 0.29) is 5.02 Å². The van der Waals surface area contributed by atoms with Gasteiger partial charge in [0, 0.05) is 0 Å². The lowest BCUT2D eigenvalue weighted by Crippen LogP contribution is -2.24. The Morgan fingerprint density at radius 1 is 1.23 bits per heavy atom. The fraction of sp³-hybridized carbons (Fsp3) is 0.118. The Morgan fingerprint density at radius 3 is 2.69 bits per heavy atom.